The summed E-state index contributed by atoms with van der Waals surface area (Å²) in [6, 6.07) is 14.1. The smallest absolute Gasteiger partial charge is 0.115 e. The van der Waals surface area contributed by atoms with Crippen LogP contribution in [0.25, 0.3) is 0 Å². The molecule has 0 atom stereocenters. The summed E-state index contributed by atoms with van der Waals surface area (Å²) in [7, 11) is 0. The normalized spacial score (nSPS) is 10.5. The molecule has 0 spiro atoms. The first-order valence-electron chi connectivity index (χ1n) is 5.75. The Labute approximate surface area is 107 Å². The summed E-state index contributed by atoms with van der Waals surface area (Å²) in [5.74, 6) is 0.327. The van der Waals surface area contributed by atoms with Crippen molar-refractivity contribution >= 4 is 11.8 Å². The van der Waals surface area contributed by atoms with Gasteiger partial charge in [-0.2, -0.15) is 0 Å². The molecule has 0 saturated carbocycles. The monoisotopic (exact) mass is 244 g/mol. The highest BCUT2D eigenvalue weighted by Gasteiger charge is 2.02. The fourth-order valence-corrected chi connectivity index (χ4v) is 2.55. The molecule has 0 unspecified atom stereocenters. The van der Waals surface area contributed by atoms with E-state index < -0.39 is 0 Å². The van der Waals surface area contributed by atoms with Crippen molar-refractivity contribution in [3.05, 3.63) is 53.6 Å². The van der Waals surface area contributed by atoms with E-state index in [2.05, 4.69) is 31.2 Å². The van der Waals surface area contributed by atoms with E-state index in [-0.39, 0.29) is 0 Å². The minimum Gasteiger partial charge on any atom is -0.508 e. The molecule has 17 heavy (non-hydrogen) atoms. The lowest BCUT2D eigenvalue weighted by atomic mass is 10.2. The summed E-state index contributed by atoms with van der Waals surface area (Å²) in [6.07, 6.45) is 1.07. The van der Waals surface area contributed by atoms with Crippen LogP contribution in [-0.4, -0.2) is 5.11 Å². The molecule has 0 aliphatic carbocycles. The molecule has 0 heterocycles. The third-order valence-corrected chi connectivity index (χ3v) is 3.90. The summed E-state index contributed by atoms with van der Waals surface area (Å²) >= 11 is 1.73. The lowest BCUT2D eigenvalue weighted by molar-refractivity contribution is 0.474. The fraction of sp³-hybridized carbons (Fsp3) is 0.200. The first-order valence-corrected chi connectivity index (χ1v) is 6.57. The standard InChI is InChI=1S/C15H16OS/c1-3-12-4-7-14(8-5-12)17-15-9-6-13(16)10-11(15)2/h4-10,16H,3H2,1-2H3. The Morgan fingerprint density at radius 1 is 1.06 bits per heavy atom. The molecule has 2 heteroatoms. The van der Waals surface area contributed by atoms with E-state index in [1.54, 1.807) is 23.9 Å². The maximum Gasteiger partial charge on any atom is 0.115 e. The molecule has 0 saturated heterocycles. The lowest BCUT2D eigenvalue weighted by Crippen LogP contribution is -1.81. The van der Waals surface area contributed by atoms with Crippen LogP contribution in [0.1, 0.15) is 18.1 Å². The van der Waals surface area contributed by atoms with E-state index in [1.165, 1.54) is 15.4 Å². The Balaban J connectivity index is 2.19. The topological polar surface area (TPSA) is 20.2 Å². The highest BCUT2D eigenvalue weighted by molar-refractivity contribution is 7.99. The fourth-order valence-electron chi connectivity index (χ4n) is 1.67. The van der Waals surface area contributed by atoms with Gasteiger partial charge in [0.2, 0.25) is 0 Å². The van der Waals surface area contributed by atoms with Crippen molar-refractivity contribution in [3.8, 4) is 5.75 Å². The average Bonchev–Trinajstić information content (AvgIpc) is 2.34. The highest BCUT2D eigenvalue weighted by atomic mass is 32.2. The zero-order chi connectivity index (χ0) is 12.3. The SMILES string of the molecule is CCc1ccc(Sc2ccc(O)cc2C)cc1. The van der Waals surface area contributed by atoms with Crippen molar-refractivity contribution < 1.29 is 5.11 Å². The second-order valence-corrected chi connectivity index (χ2v) is 5.16. The number of hydrogen-bond donors (Lipinski definition) is 1. The highest BCUT2D eigenvalue weighted by Crippen LogP contribution is 2.31. The molecule has 0 aliphatic rings. The van der Waals surface area contributed by atoms with Gasteiger partial charge in [0.1, 0.15) is 5.75 Å². The Morgan fingerprint density at radius 2 is 1.76 bits per heavy atom. The minimum absolute atomic E-state index is 0.327. The second kappa shape index (κ2) is 5.28. The van der Waals surface area contributed by atoms with Gasteiger partial charge in [-0.1, -0.05) is 30.8 Å². The van der Waals surface area contributed by atoms with Crippen LogP contribution in [0.4, 0.5) is 0 Å². The Morgan fingerprint density at radius 3 is 2.35 bits per heavy atom. The molecule has 0 aliphatic heterocycles. The van der Waals surface area contributed by atoms with Crippen molar-refractivity contribution in [1.29, 1.82) is 0 Å². The molecule has 2 aromatic rings. The Kier molecular flexibility index (Phi) is 3.75. The van der Waals surface area contributed by atoms with Crippen LogP contribution in [-0.2, 0) is 6.42 Å². The molecule has 0 radical (unpaired) electrons. The van der Waals surface area contributed by atoms with E-state index >= 15 is 0 Å². The largest absolute Gasteiger partial charge is 0.508 e. The van der Waals surface area contributed by atoms with Gasteiger partial charge < -0.3 is 5.11 Å². The zero-order valence-corrected chi connectivity index (χ0v) is 10.9. The van der Waals surface area contributed by atoms with E-state index in [0.717, 1.165) is 12.0 Å². The van der Waals surface area contributed by atoms with Gasteiger partial charge in [-0.05, 0) is 54.8 Å². The van der Waals surface area contributed by atoms with Crippen molar-refractivity contribution in [2.75, 3.05) is 0 Å². The van der Waals surface area contributed by atoms with Gasteiger partial charge in [0.25, 0.3) is 0 Å². The predicted molar refractivity (Wildman–Crippen MR) is 72.8 cm³/mol. The number of hydrogen-bond acceptors (Lipinski definition) is 2. The molecule has 0 amide bonds. The average molecular weight is 244 g/mol. The van der Waals surface area contributed by atoms with Crippen LogP contribution in [0.5, 0.6) is 5.75 Å². The van der Waals surface area contributed by atoms with E-state index in [9.17, 15) is 5.11 Å². The minimum atomic E-state index is 0.327. The van der Waals surface area contributed by atoms with Gasteiger partial charge in [-0.15, -0.1) is 0 Å². The second-order valence-electron chi connectivity index (χ2n) is 4.05. The summed E-state index contributed by atoms with van der Waals surface area (Å²) in [5.41, 5.74) is 2.46. The molecule has 1 nitrogen and oxygen atoms in total. The van der Waals surface area contributed by atoms with Gasteiger partial charge in [-0.25, -0.2) is 0 Å². The van der Waals surface area contributed by atoms with Crippen molar-refractivity contribution in [2.45, 2.75) is 30.1 Å². The zero-order valence-electron chi connectivity index (χ0n) is 10.1. The summed E-state index contributed by atoms with van der Waals surface area (Å²) in [5, 5.41) is 9.36. The molecular weight excluding hydrogens is 228 g/mol. The van der Waals surface area contributed by atoms with E-state index in [4.69, 9.17) is 0 Å². The van der Waals surface area contributed by atoms with E-state index in [1.807, 2.05) is 13.0 Å². The maximum atomic E-state index is 9.36. The Bertz CT molecular complexity index is 503. The van der Waals surface area contributed by atoms with Gasteiger partial charge in [-0.3, -0.25) is 0 Å². The molecule has 2 rings (SSSR count). The molecule has 0 fully saturated rings. The van der Waals surface area contributed by atoms with Gasteiger partial charge >= 0.3 is 0 Å². The summed E-state index contributed by atoms with van der Waals surface area (Å²) in [4.78, 5) is 2.42. The van der Waals surface area contributed by atoms with Crippen LogP contribution in [0.2, 0.25) is 0 Å². The first kappa shape index (κ1) is 12.1. The quantitative estimate of drug-likeness (QED) is 0.862. The summed E-state index contributed by atoms with van der Waals surface area (Å²) in [6.45, 7) is 4.18. The van der Waals surface area contributed by atoms with Crippen molar-refractivity contribution in [3.63, 3.8) is 0 Å². The number of rotatable bonds is 3. The Hall–Kier alpha value is -1.41. The van der Waals surface area contributed by atoms with Gasteiger partial charge in [0.15, 0.2) is 0 Å². The van der Waals surface area contributed by atoms with Crippen LogP contribution in [0, 0.1) is 6.92 Å². The molecule has 0 bridgehead atoms. The predicted octanol–water partition coefficient (Wildman–Crippen LogP) is 4.41. The number of aromatic hydroxyl groups is 1. The number of aryl methyl sites for hydroxylation is 2. The summed E-state index contributed by atoms with van der Waals surface area (Å²) < 4.78 is 0. The van der Waals surface area contributed by atoms with Crippen LogP contribution >= 0.6 is 11.8 Å². The van der Waals surface area contributed by atoms with Crippen LogP contribution in [0.15, 0.2) is 52.3 Å². The third kappa shape index (κ3) is 3.04. The van der Waals surface area contributed by atoms with Crippen LogP contribution < -0.4 is 0 Å². The van der Waals surface area contributed by atoms with E-state index in [0.29, 0.717) is 5.75 Å². The third-order valence-electron chi connectivity index (χ3n) is 2.72. The molecule has 1 N–H and O–H groups in total. The van der Waals surface area contributed by atoms with Crippen molar-refractivity contribution in [1.82, 2.24) is 0 Å². The van der Waals surface area contributed by atoms with Crippen LogP contribution in [0.3, 0.4) is 0 Å². The molecule has 88 valence electrons. The molecule has 0 aromatic heterocycles. The number of phenols is 1. The molecular formula is C15H16OS. The van der Waals surface area contributed by atoms with Gasteiger partial charge in [0, 0.05) is 9.79 Å². The molecule has 2 aromatic carbocycles. The van der Waals surface area contributed by atoms with Gasteiger partial charge in [0.05, 0.1) is 0 Å². The van der Waals surface area contributed by atoms with Crippen molar-refractivity contribution in [2.24, 2.45) is 0 Å². The number of benzene rings is 2. The first-order chi connectivity index (χ1) is 8.19. The lowest BCUT2D eigenvalue weighted by Gasteiger charge is -2.06. The number of phenolic OH excluding ortho intramolecular Hbond substituents is 1. The maximum absolute atomic E-state index is 9.36.